The van der Waals surface area contributed by atoms with Crippen LogP contribution in [0.15, 0.2) is 24.3 Å². The van der Waals surface area contributed by atoms with Crippen LogP contribution in [0.1, 0.15) is 63.5 Å². The van der Waals surface area contributed by atoms with Gasteiger partial charge >= 0.3 is 0 Å². The molecule has 2 atom stereocenters. The van der Waals surface area contributed by atoms with E-state index in [2.05, 4.69) is 6.07 Å². The van der Waals surface area contributed by atoms with Crippen LogP contribution in [0.5, 0.6) is 5.75 Å². The number of hydrogen-bond acceptors (Lipinski definition) is 3. The van der Waals surface area contributed by atoms with E-state index >= 15 is 0 Å². The SMILES string of the molecule is CC(N)c1ccccc1OC1CCOC2(CCCCC2)C1. The molecule has 1 aliphatic carbocycles. The van der Waals surface area contributed by atoms with Crippen molar-refractivity contribution in [1.29, 1.82) is 0 Å². The first-order valence-electron chi connectivity index (χ1n) is 8.34. The van der Waals surface area contributed by atoms with Crippen molar-refractivity contribution in [2.75, 3.05) is 6.61 Å². The Morgan fingerprint density at radius 3 is 2.76 bits per heavy atom. The van der Waals surface area contributed by atoms with Gasteiger partial charge in [0.05, 0.1) is 12.2 Å². The van der Waals surface area contributed by atoms with Crippen molar-refractivity contribution in [3.8, 4) is 5.75 Å². The van der Waals surface area contributed by atoms with Crippen LogP contribution in [-0.4, -0.2) is 18.3 Å². The fraction of sp³-hybridized carbons (Fsp3) is 0.667. The van der Waals surface area contributed by atoms with Gasteiger partial charge in [0.2, 0.25) is 0 Å². The van der Waals surface area contributed by atoms with Crippen LogP contribution in [0.4, 0.5) is 0 Å². The molecule has 0 aromatic heterocycles. The minimum Gasteiger partial charge on any atom is -0.490 e. The molecular formula is C18H27NO2. The summed E-state index contributed by atoms with van der Waals surface area (Å²) >= 11 is 0. The van der Waals surface area contributed by atoms with Crippen molar-refractivity contribution in [3.63, 3.8) is 0 Å². The molecule has 2 N–H and O–H groups in total. The van der Waals surface area contributed by atoms with Gasteiger partial charge in [-0.3, -0.25) is 0 Å². The first-order chi connectivity index (χ1) is 10.2. The molecule has 1 aliphatic heterocycles. The van der Waals surface area contributed by atoms with Crippen LogP contribution >= 0.6 is 0 Å². The van der Waals surface area contributed by atoms with Crippen molar-refractivity contribution < 1.29 is 9.47 Å². The summed E-state index contributed by atoms with van der Waals surface area (Å²) in [6.45, 7) is 2.83. The molecule has 1 saturated carbocycles. The molecule has 21 heavy (non-hydrogen) atoms. The van der Waals surface area contributed by atoms with Gasteiger partial charge in [0, 0.05) is 24.4 Å². The van der Waals surface area contributed by atoms with Crippen LogP contribution in [-0.2, 0) is 4.74 Å². The van der Waals surface area contributed by atoms with E-state index in [-0.39, 0.29) is 17.7 Å². The highest BCUT2D eigenvalue weighted by Crippen LogP contribution is 2.40. The lowest BCUT2D eigenvalue weighted by Crippen LogP contribution is -2.45. The molecular weight excluding hydrogens is 262 g/mol. The van der Waals surface area contributed by atoms with E-state index in [0.717, 1.165) is 30.8 Å². The first-order valence-corrected chi connectivity index (χ1v) is 8.34. The predicted octanol–water partition coefficient (Wildman–Crippen LogP) is 3.97. The second-order valence-electron chi connectivity index (χ2n) is 6.65. The third-order valence-electron chi connectivity index (χ3n) is 4.92. The van der Waals surface area contributed by atoms with Gasteiger partial charge in [-0.15, -0.1) is 0 Å². The van der Waals surface area contributed by atoms with Gasteiger partial charge in [-0.25, -0.2) is 0 Å². The molecule has 1 saturated heterocycles. The summed E-state index contributed by atoms with van der Waals surface area (Å²) in [6, 6.07) is 8.16. The number of para-hydroxylation sites is 1. The number of rotatable bonds is 3. The summed E-state index contributed by atoms with van der Waals surface area (Å²) in [5.74, 6) is 0.949. The Morgan fingerprint density at radius 1 is 1.24 bits per heavy atom. The van der Waals surface area contributed by atoms with Gasteiger partial charge in [0.15, 0.2) is 0 Å². The molecule has 3 nitrogen and oxygen atoms in total. The second kappa shape index (κ2) is 6.37. The summed E-state index contributed by atoms with van der Waals surface area (Å²) in [5, 5.41) is 0. The summed E-state index contributed by atoms with van der Waals surface area (Å²) < 4.78 is 12.5. The molecule has 116 valence electrons. The van der Waals surface area contributed by atoms with Gasteiger partial charge in [-0.2, -0.15) is 0 Å². The van der Waals surface area contributed by atoms with E-state index in [4.69, 9.17) is 15.2 Å². The van der Waals surface area contributed by atoms with E-state index in [1.807, 2.05) is 25.1 Å². The quantitative estimate of drug-likeness (QED) is 0.915. The highest BCUT2D eigenvalue weighted by Gasteiger charge is 2.39. The molecule has 2 fully saturated rings. The normalized spacial score (nSPS) is 26.5. The fourth-order valence-corrected chi connectivity index (χ4v) is 3.77. The third-order valence-corrected chi connectivity index (χ3v) is 4.92. The van der Waals surface area contributed by atoms with Gasteiger partial charge in [0.1, 0.15) is 11.9 Å². The van der Waals surface area contributed by atoms with Crippen molar-refractivity contribution >= 4 is 0 Å². The molecule has 1 aromatic rings. The molecule has 3 heteroatoms. The standard InChI is InChI=1S/C18H27NO2/c1-14(19)16-7-3-4-8-17(16)21-15-9-12-20-18(13-15)10-5-2-6-11-18/h3-4,7-8,14-15H,2,5-6,9-13,19H2,1H3. The largest absolute Gasteiger partial charge is 0.490 e. The van der Waals surface area contributed by atoms with Gasteiger partial charge < -0.3 is 15.2 Å². The van der Waals surface area contributed by atoms with Crippen LogP contribution in [0.3, 0.4) is 0 Å². The van der Waals surface area contributed by atoms with E-state index < -0.39 is 0 Å². The molecule has 0 bridgehead atoms. The highest BCUT2D eigenvalue weighted by atomic mass is 16.5. The van der Waals surface area contributed by atoms with Gasteiger partial charge in [-0.05, 0) is 25.8 Å². The number of ether oxygens (including phenoxy) is 2. The molecule has 0 amide bonds. The van der Waals surface area contributed by atoms with Crippen molar-refractivity contribution in [3.05, 3.63) is 29.8 Å². The average Bonchev–Trinajstić information content (AvgIpc) is 2.48. The van der Waals surface area contributed by atoms with E-state index in [9.17, 15) is 0 Å². The Bertz CT molecular complexity index is 461. The Morgan fingerprint density at radius 2 is 2.00 bits per heavy atom. The maximum Gasteiger partial charge on any atom is 0.124 e. The van der Waals surface area contributed by atoms with E-state index in [0.29, 0.717) is 0 Å². The molecule has 1 spiro atoms. The Hall–Kier alpha value is -1.06. The maximum atomic E-state index is 6.32. The lowest BCUT2D eigenvalue weighted by molar-refractivity contribution is -0.129. The third kappa shape index (κ3) is 3.41. The topological polar surface area (TPSA) is 44.5 Å². The minimum absolute atomic E-state index is 0.00433. The Labute approximate surface area is 127 Å². The number of nitrogens with two attached hydrogens (primary N) is 1. The molecule has 2 unspecified atom stereocenters. The summed E-state index contributed by atoms with van der Waals surface area (Å²) in [5.41, 5.74) is 7.24. The second-order valence-corrected chi connectivity index (χ2v) is 6.65. The van der Waals surface area contributed by atoms with Crippen LogP contribution in [0.2, 0.25) is 0 Å². The number of benzene rings is 1. The maximum absolute atomic E-state index is 6.32. The van der Waals surface area contributed by atoms with Crippen molar-refractivity contribution in [1.82, 2.24) is 0 Å². The Balaban J connectivity index is 1.70. The molecule has 1 heterocycles. The minimum atomic E-state index is 0.00433. The predicted molar refractivity (Wildman–Crippen MR) is 84.5 cm³/mol. The lowest BCUT2D eigenvalue weighted by Gasteiger charge is -2.43. The van der Waals surface area contributed by atoms with Crippen LogP contribution in [0.25, 0.3) is 0 Å². The zero-order chi connectivity index (χ0) is 14.7. The highest BCUT2D eigenvalue weighted by molar-refractivity contribution is 5.35. The smallest absolute Gasteiger partial charge is 0.124 e. The van der Waals surface area contributed by atoms with Gasteiger partial charge in [-0.1, -0.05) is 37.5 Å². The van der Waals surface area contributed by atoms with Gasteiger partial charge in [0.25, 0.3) is 0 Å². The first kappa shape index (κ1) is 14.9. The summed E-state index contributed by atoms with van der Waals surface area (Å²) in [7, 11) is 0. The monoisotopic (exact) mass is 289 g/mol. The van der Waals surface area contributed by atoms with E-state index in [1.54, 1.807) is 0 Å². The molecule has 3 rings (SSSR count). The fourth-order valence-electron chi connectivity index (χ4n) is 3.77. The molecule has 2 aliphatic rings. The van der Waals surface area contributed by atoms with Crippen LogP contribution in [0, 0.1) is 0 Å². The summed E-state index contributed by atoms with van der Waals surface area (Å²) in [4.78, 5) is 0. The average molecular weight is 289 g/mol. The van der Waals surface area contributed by atoms with Crippen molar-refractivity contribution in [2.45, 2.75) is 69.6 Å². The van der Waals surface area contributed by atoms with Crippen molar-refractivity contribution in [2.24, 2.45) is 5.73 Å². The number of hydrogen-bond donors (Lipinski definition) is 1. The summed E-state index contributed by atoms with van der Waals surface area (Å²) in [6.07, 6.45) is 8.60. The Kier molecular flexibility index (Phi) is 4.51. The lowest BCUT2D eigenvalue weighted by atomic mass is 9.79. The zero-order valence-corrected chi connectivity index (χ0v) is 13.0. The zero-order valence-electron chi connectivity index (χ0n) is 13.0. The van der Waals surface area contributed by atoms with Crippen LogP contribution < -0.4 is 10.5 Å². The molecule has 1 aromatic carbocycles. The van der Waals surface area contributed by atoms with E-state index in [1.165, 1.54) is 32.1 Å². The molecule has 0 radical (unpaired) electrons.